The fourth-order valence-electron chi connectivity index (χ4n) is 1.12. The second-order valence-electron chi connectivity index (χ2n) is 2.86. The number of rotatable bonds is 3. The maximum Gasteiger partial charge on any atom is 0.307 e. The van der Waals surface area contributed by atoms with Crippen molar-refractivity contribution in [1.29, 1.82) is 5.26 Å². The van der Waals surface area contributed by atoms with E-state index in [0.29, 0.717) is 0 Å². The van der Waals surface area contributed by atoms with E-state index in [1.54, 1.807) is 0 Å². The van der Waals surface area contributed by atoms with Gasteiger partial charge in [-0.05, 0) is 11.6 Å². The lowest BCUT2D eigenvalue weighted by Crippen LogP contribution is -2.07. The van der Waals surface area contributed by atoms with E-state index in [1.165, 1.54) is 6.07 Å². The minimum Gasteiger partial charge on any atom is -0.481 e. The van der Waals surface area contributed by atoms with Gasteiger partial charge in [0.2, 0.25) is 5.95 Å². The molecular weight excluding hydrogens is 225 g/mol. The number of carboxylic acids is 1. The van der Waals surface area contributed by atoms with Gasteiger partial charge in [0.15, 0.2) is 0 Å². The third-order valence-electron chi connectivity index (χ3n) is 1.75. The summed E-state index contributed by atoms with van der Waals surface area (Å²) in [6, 6.07) is 2.11. The molecule has 0 amide bonds. The molecule has 0 saturated heterocycles. The zero-order chi connectivity index (χ0) is 12.3. The number of hydrogen-bond donors (Lipinski definition) is 1. The van der Waals surface area contributed by atoms with E-state index in [2.05, 4.69) is 4.98 Å². The summed E-state index contributed by atoms with van der Waals surface area (Å²) in [4.78, 5) is 13.3. The van der Waals surface area contributed by atoms with E-state index in [1.807, 2.05) is 0 Å². The fraction of sp³-hybridized carbons (Fsp3) is 0.222. The van der Waals surface area contributed by atoms with Gasteiger partial charge in [-0.1, -0.05) is 0 Å². The van der Waals surface area contributed by atoms with Gasteiger partial charge in [-0.2, -0.15) is 9.65 Å². The predicted molar refractivity (Wildman–Crippen MR) is 45.2 cm³/mol. The normalized spacial score (nSPS) is 10.2. The molecule has 1 N–H and O–H groups in total. The monoisotopic (exact) mass is 230 g/mol. The summed E-state index contributed by atoms with van der Waals surface area (Å²) >= 11 is 0. The van der Waals surface area contributed by atoms with Crippen LogP contribution in [0.25, 0.3) is 0 Å². The summed E-state index contributed by atoms with van der Waals surface area (Å²) in [7, 11) is 0. The maximum absolute atomic E-state index is 13.1. The van der Waals surface area contributed by atoms with Gasteiger partial charge in [0.25, 0.3) is 6.43 Å². The SMILES string of the molecule is N#Cc1c(CC(=O)O)cc(C(F)F)nc1F. The van der Waals surface area contributed by atoms with Crippen molar-refractivity contribution >= 4 is 5.97 Å². The van der Waals surface area contributed by atoms with E-state index in [-0.39, 0.29) is 5.56 Å². The molecule has 0 aliphatic heterocycles. The highest BCUT2D eigenvalue weighted by atomic mass is 19.3. The minimum atomic E-state index is -3.02. The first kappa shape index (κ1) is 12.0. The number of carbonyl (C=O) groups is 1. The van der Waals surface area contributed by atoms with Crippen molar-refractivity contribution in [1.82, 2.24) is 4.98 Å². The number of carboxylic acid groups (broad SMARTS) is 1. The lowest BCUT2D eigenvalue weighted by Gasteiger charge is -2.05. The molecule has 7 heteroatoms. The molecule has 0 atom stereocenters. The Morgan fingerprint density at radius 3 is 2.69 bits per heavy atom. The largest absolute Gasteiger partial charge is 0.481 e. The average molecular weight is 230 g/mol. The molecule has 0 fully saturated rings. The Hall–Kier alpha value is -2.10. The van der Waals surface area contributed by atoms with Crippen LogP contribution in [-0.2, 0) is 11.2 Å². The van der Waals surface area contributed by atoms with Crippen LogP contribution in [0.2, 0.25) is 0 Å². The van der Waals surface area contributed by atoms with Crippen molar-refractivity contribution in [3.8, 4) is 6.07 Å². The van der Waals surface area contributed by atoms with Crippen molar-refractivity contribution in [2.45, 2.75) is 12.8 Å². The molecule has 84 valence electrons. The molecule has 0 aromatic carbocycles. The van der Waals surface area contributed by atoms with Crippen molar-refractivity contribution in [3.05, 3.63) is 28.8 Å². The van der Waals surface area contributed by atoms with Crippen LogP contribution in [0.4, 0.5) is 13.2 Å². The Kier molecular flexibility index (Phi) is 3.45. The molecule has 0 saturated carbocycles. The third kappa shape index (κ3) is 2.48. The summed E-state index contributed by atoms with van der Waals surface area (Å²) in [5.41, 5.74) is -1.81. The molecule has 1 aromatic heterocycles. The zero-order valence-corrected chi connectivity index (χ0v) is 7.75. The molecular formula is C9H5F3N2O2. The second-order valence-corrected chi connectivity index (χ2v) is 2.86. The van der Waals surface area contributed by atoms with Gasteiger partial charge in [-0.15, -0.1) is 0 Å². The zero-order valence-electron chi connectivity index (χ0n) is 7.75. The molecule has 0 aliphatic carbocycles. The molecule has 0 unspecified atom stereocenters. The van der Waals surface area contributed by atoms with Crippen molar-refractivity contribution in [2.75, 3.05) is 0 Å². The standard InChI is InChI=1S/C9H5F3N2O2/c10-8(11)6-1-4(2-7(15)16)5(3-13)9(12)14-6/h1,8H,2H2,(H,15,16). The quantitative estimate of drug-likeness (QED) is 0.801. The fourth-order valence-corrected chi connectivity index (χ4v) is 1.12. The van der Waals surface area contributed by atoms with E-state index >= 15 is 0 Å². The molecule has 16 heavy (non-hydrogen) atoms. The van der Waals surface area contributed by atoms with Crippen LogP contribution in [0.5, 0.6) is 0 Å². The molecule has 0 aliphatic rings. The summed E-state index contributed by atoms with van der Waals surface area (Å²) in [6.07, 6.45) is -3.73. The molecule has 1 rings (SSSR count). The summed E-state index contributed by atoms with van der Waals surface area (Å²) < 4.78 is 37.5. The number of halogens is 3. The number of aliphatic carboxylic acids is 1. The Morgan fingerprint density at radius 2 is 2.25 bits per heavy atom. The number of pyridine rings is 1. The van der Waals surface area contributed by atoms with Crippen molar-refractivity contribution in [3.63, 3.8) is 0 Å². The van der Waals surface area contributed by atoms with Crippen molar-refractivity contribution in [2.24, 2.45) is 0 Å². The lowest BCUT2D eigenvalue weighted by molar-refractivity contribution is -0.136. The van der Waals surface area contributed by atoms with Gasteiger partial charge in [-0.3, -0.25) is 4.79 Å². The molecule has 4 nitrogen and oxygen atoms in total. The van der Waals surface area contributed by atoms with Gasteiger partial charge >= 0.3 is 5.97 Å². The number of alkyl halides is 2. The van der Waals surface area contributed by atoms with E-state index in [0.717, 1.165) is 6.07 Å². The first-order valence-electron chi connectivity index (χ1n) is 4.05. The molecule has 1 aromatic rings. The highest BCUT2D eigenvalue weighted by Crippen LogP contribution is 2.21. The van der Waals surface area contributed by atoms with E-state index < -0.39 is 36.0 Å². The number of aromatic nitrogens is 1. The van der Waals surface area contributed by atoms with Crippen LogP contribution >= 0.6 is 0 Å². The molecule has 1 heterocycles. The minimum absolute atomic E-state index is 0.308. The maximum atomic E-state index is 13.1. The summed E-state index contributed by atoms with van der Waals surface area (Å²) in [5.74, 6) is -2.72. The third-order valence-corrected chi connectivity index (χ3v) is 1.75. The van der Waals surface area contributed by atoms with Gasteiger partial charge in [0.1, 0.15) is 17.3 Å². The molecule has 0 spiro atoms. The van der Waals surface area contributed by atoms with E-state index in [9.17, 15) is 18.0 Å². The second kappa shape index (κ2) is 4.61. The lowest BCUT2D eigenvalue weighted by atomic mass is 10.1. The Labute approximate surface area is 88.0 Å². The topological polar surface area (TPSA) is 74.0 Å². The van der Waals surface area contributed by atoms with Crippen LogP contribution < -0.4 is 0 Å². The Bertz CT molecular complexity index is 469. The smallest absolute Gasteiger partial charge is 0.307 e. The summed E-state index contributed by atoms with van der Waals surface area (Å²) in [5, 5.41) is 17.0. The van der Waals surface area contributed by atoms with E-state index in [4.69, 9.17) is 10.4 Å². The average Bonchev–Trinajstić information content (AvgIpc) is 2.16. The molecule has 0 bridgehead atoms. The van der Waals surface area contributed by atoms with Crippen LogP contribution in [0.15, 0.2) is 6.07 Å². The number of nitrogens with zero attached hydrogens (tertiary/aromatic N) is 2. The van der Waals surface area contributed by atoms with Crippen LogP contribution in [0.1, 0.15) is 23.2 Å². The Morgan fingerprint density at radius 1 is 1.62 bits per heavy atom. The predicted octanol–water partition coefficient (Wildman–Crippen LogP) is 1.66. The van der Waals surface area contributed by atoms with Gasteiger partial charge in [0.05, 0.1) is 6.42 Å². The highest BCUT2D eigenvalue weighted by Gasteiger charge is 2.18. The van der Waals surface area contributed by atoms with Crippen LogP contribution in [0.3, 0.4) is 0 Å². The van der Waals surface area contributed by atoms with Gasteiger partial charge in [0, 0.05) is 0 Å². The number of hydrogen-bond acceptors (Lipinski definition) is 3. The van der Waals surface area contributed by atoms with Crippen molar-refractivity contribution < 1.29 is 23.1 Å². The van der Waals surface area contributed by atoms with Gasteiger partial charge < -0.3 is 5.11 Å². The van der Waals surface area contributed by atoms with Crippen LogP contribution in [-0.4, -0.2) is 16.1 Å². The summed E-state index contributed by atoms with van der Waals surface area (Å²) in [6.45, 7) is 0. The van der Waals surface area contributed by atoms with Gasteiger partial charge in [-0.25, -0.2) is 13.8 Å². The first-order valence-corrected chi connectivity index (χ1v) is 4.05. The number of nitriles is 1. The first-order chi connectivity index (χ1) is 7.45. The molecule has 0 radical (unpaired) electrons. The highest BCUT2D eigenvalue weighted by molar-refractivity contribution is 5.71. The van der Waals surface area contributed by atoms with Crippen LogP contribution in [0, 0.1) is 17.3 Å². The Balaban J connectivity index is 3.32.